The number of fused-ring (bicyclic) bond motifs is 3. The largest absolute Gasteiger partial charge is 0.449 e. The number of carbonyl (C=O) groups excluding carboxylic acids is 2. The molecule has 152 valence electrons. The summed E-state index contributed by atoms with van der Waals surface area (Å²) in [4.78, 5) is 24.4. The number of amides is 2. The SMILES string of the molecule is O=C(CC1(NC(=O)OCC2c3ccccc3-c3ccccc32)CCCCC1)NO. The van der Waals surface area contributed by atoms with Crippen LogP contribution in [-0.4, -0.2) is 29.4 Å². The average Bonchev–Trinajstić information content (AvgIpc) is 3.06. The van der Waals surface area contributed by atoms with Gasteiger partial charge < -0.3 is 10.1 Å². The fourth-order valence-corrected chi connectivity index (χ4v) is 4.77. The summed E-state index contributed by atoms with van der Waals surface area (Å²) in [6, 6.07) is 16.4. The smallest absolute Gasteiger partial charge is 0.407 e. The van der Waals surface area contributed by atoms with E-state index < -0.39 is 17.5 Å². The highest BCUT2D eigenvalue weighted by molar-refractivity contribution is 5.79. The zero-order chi connectivity index (χ0) is 20.3. The highest BCUT2D eigenvalue weighted by atomic mass is 16.5. The van der Waals surface area contributed by atoms with Gasteiger partial charge in [0, 0.05) is 5.92 Å². The number of rotatable bonds is 5. The third kappa shape index (κ3) is 3.98. The average molecular weight is 394 g/mol. The lowest BCUT2D eigenvalue weighted by Gasteiger charge is -2.37. The molecule has 2 aliphatic rings. The van der Waals surface area contributed by atoms with E-state index in [1.165, 1.54) is 11.1 Å². The molecule has 0 saturated heterocycles. The van der Waals surface area contributed by atoms with Crippen molar-refractivity contribution < 1.29 is 19.5 Å². The molecule has 2 aliphatic carbocycles. The minimum absolute atomic E-state index is 0.00352. The van der Waals surface area contributed by atoms with Gasteiger partial charge in [0.25, 0.3) is 0 Å². The van der Waals surface area contributed by atoms with Gasteiger partial charge in [0.2, 0.25) is 5.91 Å². The molecule has 2 amide bonds. The summed E-state index contributed by atoms with van der Waals surface area (Å²) in [5.41, 5.74) is 5.70. The van der Waals surface area contributed by atoms with Crippen LogP contribution in [0.15, 0.2) is 48.5 Å². The third-order valence-corrected chi connectivity index (χ3v) is 6.15. The van der Waals surface area contributed by atoms with E-state index in [1.807, 2.05) is 24.3 Å². The van der Waals surface area contributed by atoms with Gasteiger partial charge >= 0.3 is 6.09 Å². The molecule has 0 unspecified atom stereocenters. The van der Waals surface area contributed by atoms with Crippen LogP contribution >= 0.6 is 0 Å². The maximum absolute atomic E-state index is 12.6. The number of hydroxylamine groups is 1. The van der Waals surface area contributed by atoms with E-state index in [9.17, 15) is 9.59 Å². The first-order chi connectivity index (χ1) is 14.1. The molecule has 0 bridgehead atoms. The first-order valence-corrected chi connectivity index (χ1v) is 10.2. The molecule has 0 aromatic heterocycles. The fourth-order valence-electron chi connectivity index (χ4n) is 4.77. The molecule has 1 fully saturated rings. The second-order valence-electron chi connectivity index (χ2n) is 8.00. The van der Waals surface area contributed by atoms with E-state index in [-0.39, 0.29) is 18.9 Å². The molecule has 6 heteroatoms. The molecular weight excluding hydrogens is 368 g/mol. The topological polar surface area (TPSA) is 87.7 Å². The molecule has 0 heterocycles. The van der Waals surface area contributed by atoms with Crippen molar-refractivity contribution in [1.29, 1.82) is 0 Å². The molecule has 0 spiro atoms. The molecule has 6 nitrogen and oxygen atoms in total. The highest BCUT2D eigenvalue weighted by Crippen LogP contribution is 2.44. The minimum Gasteiger partial charge on any atom is -0.449 e. The second-order valence-corrected chi connectivity index (χ2v) is 8.00. The van der Waals surface area contributed by atoms with Crippen LogP contribution in [0.3, 0.4) is 0 Å². The van der Waals surface area contributed by atoms with Crippen LogP contribution in [0, 0.1) is 0 Å². The van der Waals surface area contributed by atoms with Crippen molar-refractivity contribution in [3.05, 3.63) is 59.7 Å². The van der Waals surface area contributed by atoms with Crippen molar-refractivity contribution in [3.8, 4) is 11.1 Å². The zero-order valence-corrected chi connectivity index (χ0v) is 16.3. The van der Waals surface area contributed by atoms with Crippen LogP contribution in [0.25, 0.3) is 11.1 Å². The Bertz CT molecular complexity index is 860. The summed E-state index contributed by atoms with van der Waals surface area (Å²) in [5.74, 6) is -0.498. The molecule has 0 atom stereocenters. The van der Waals surface area contributed by atoms with Crippen molar-refractivity contribution in [3.63, 3.8) is 0 Å². The van der Waals surface area contributed by atoms with Crippen LogP contribution in [0.1, 0.15) is 55.6 Å². The van der Waals surface area contributed by atoms with Gasteiger partial charge in [0.15, 0.2) is 0 Å². The lowest BCUT2D eigenvalue weighted by atomic mass is 9.79. The molecule has 0 aliphatic heterocycles. The van der Waals surface area contributed by atoms with Crippen LogP contribution in [0.2, 0.25) is 0 Å². The first-order valence-electron chi connectivity index (χ1n) is 10.2. The molecule has 3 N–H and O–H groups in total. The molecule has 0 radical (unpaired) electrons. The first kappa shape index (κ1) is 19.5. The Morgan fingerprint density at radius 1 is 0.966 bits per heavy atom. The Kier molecular flexibility index (Phi) is 5.53. The Hall–Kier alpha value is -2.86. The highest BCUT2D eigenvalue weighted by Gasteiger charge is 2.37. The number of alkyl carbamates (subject to hydrolysis) is 1. The molecule has 1 saturated carbocycles. The molecule has 2 aromatic carbocycles. The summed E-state index contributed by atoms with van der Waals surface area (Å²) in [6.45, 7) is 0.238. The van der Waals surface area contributed by atoms with Gasteiger partial charge in [-0.05, 0) is 35.1 Å². The van der Waals surface area contributed by atoms with Crippen molar-refractivity contribution in [2.75, 3.05) is 6.61 Å². The molecule has 2 aromatic rings. The van der Waals surface area contributed by atoms with E-state index in [0.29, 0.717) is 12.8 Å². The van der Waals surface area contributed by atoms with Crippen molar-refractivity contribution in [2.24, 2.45) is 0 Å². The van der Waals surface area contributed by atoms with Gasteiger partial charge in [-0.2, -0.15) is 0 Å². The maximum atomic E-state index is 12.6. The predicted octanol–water partition coefficient (Wildman–Crippen LogP) is 4.12. The van der Waals surface area contributed by atoms with E-state index in [1.54, 1.807) is 5.48 Å². The lowest BCUT2D eigenvalue weighted by molar-refractivity contribution is -0.131. The lowest BCUT2D eigenvalue weighted by Crippen LogP contribution is -2.52. The maximum Gasteiger partial charge on any atom is 0.407 e. The molecule has 29 heavy (non-hydrogen) atoms. The Balaban J connectivity index is 1.46. The molecular formula is C23H26N2O4. The number of hydrogen-bond donors (Lipinski definition) is 3. The fraction of sp³-hybridized carbons (Fsp3) is 0.391. The summed E-state index contributed by atoms with van der Waals surface area (Å²) < 4.78 is 5.64. The summed E-state index contributed by atoms with van der Waals surface area (Å²) in [6.07, 6.45) is 3.88. The normalized spacial score (nSPS) is 17.1. The monoisotopic (exact) mass is 394 g/mol. The van der Waals surface area contributed by atoms with Crippen LogP contribution in [-0.2, 0) is 9.53 Å². The van der Waals surface area contributed by atoms with Gasteiger partial charge in [-0.1, -0.05) is 67.8 Å². The van der Waals surface area contributed by atoms with E-state index in [0.717, 1.165) is 30.4 Å². The van der Waals surface area contributed by atoms with Crippen LogP contribution in [0.4, 0.5) is 4.79 Å². The third-order valence-electron chi connectivity index (χ3n) is 6.15. The van der Waals surface area contributed by atoms with Crippen LogP contribution in [0.5, 0.6) is 0 Å². The molecule has 4 rings (SSSR count). The number of hydrogen-bond acceptors (Lipinski definition) is 4. The minimum atomic E-state index is -0.659. The van der Waals surface area contributed by atoms with Crippen molar-refractivity contribution in [2.45, 2.75) is 50.0 Å². The number of benzene rings is 2. The Morgan fingerprint density at radius 3 is 2.14 bits per heavy atom. The van der Waals surface area contributed by atoms with E-state index in [4.69, 9.17) is 9.94 Å². The van der Waals surface area contributed by atoms with Crippen molar-refractivity contribution >= 4 is 12.0 Å². The quantitative estimate of drug-likeness (QED) is 0.526. The number of ether oxygens (including phenoxy) is 1. The van der Waals surface area contributed by atoms with Crippen LogP contribution < -0.4 is 10.8 Å². The number of nitrogens with one attached hydrogen (secondary N) is 2. The standard InChI is InChI=1S/C23H26N2O4/c26-21(25-28)14-23(12-6-1-7-13-23)24-22(27)29-15-20-18-10-4-2-8-16(18)17-9-3-5-11-19(17)20/h2-5,8-11,20,28H,1,6-7,12-15H2,(H,24,27)(H,25,26). The van der Waals surface area contributed by atoms with E-state index >= 15 is 0 Å². The summed E-state index contributed by atoms with van der Waals surface area (Å²) in [5, 5.41) is 11.8. The zero-order valence-electron chi connectivity index (χ0n) is 16.3. The van der Waals surface area contributed by atoms with Gasteiger partial charge in [0.1, 0.15) is 6.61 Å². The second kappa shape index (κ2) is 8.25. The van der Waals surface area contributed by atoms with E-state index in [2.05, 4.69) is 29.6 Å². The van der Waals surface area contributed by atoms with Gasteiger partial charge in [-0.15, -0.1) is 0 Å². The van der Waals surface area contributed by atoms with Gasteiger partial charge in [-0.25, -0.2) is 10.3 Å². The predicted molar refractivity (Wildman–Crippen MR) is 109 cm³/mol. The van der Waals surface area contributed by atoms with Crippen molar-refractivity contribution in [1.82, 2.24) is 10.8 Å². The Labute approximate surface area is 170 Å². The number of carbonyl (C=O) groups is 2. The Morgan fingerprint density at radius 2 is 1.55 bits per heavy atom. The van der Waals surface area contributed by atoms with Gasteiger partial charge in [-0.3, -0.25) is 10.0 Å². The summed E-state index contributed by atoms with van der Waals surface area (Å²) in [7, 11) is 0. The summed E-state index contributed by atoms with van der Waals surface area (Å²) >= 11 is 0. The van der Waals surface area contributed by atoms with Gasteiger partial charge in [0.05, 0.1) is 12.0 Å².